The van der Waals surface area contributed by atoms with Crippen molar-refractivity contribution in [3.05, 3.63) is 113 Å². The summed E-state index contributed by atoms with van der Waals surface area (Å²) < 4.78 is 5.35. The highest BCUT2D eigenvalue weighted by Crippen LogP contribution is 2.65. The second-order valence-corrected chi connectivity index (χ2v) is 9.22. The Kier molecular flexibility index (Phi) is 6.03. The molecule has 0 radical (unpaired) electrons. The molecule has 0 saturated carbocycles. The molecule has 1 heterocycles. The lowest BCUT2D eigenvalue weighted by Gasteiger charge is -2.38. The van der Waals surface area contributed by atoms with Gasteiger partial charge in [0, 0.05) is 17.2 Å². The summed E-state index contributed by atoms with van der Waals surface area (Å²) in [7, 11) is 0. The third-order valence-electron chi connectivity index (χ3n) is 7.36. The second-order valence-electron chi connectivity index (χ2n) is 9.22. The van der Waals surface area contributed by atoms with Crippen molar-refractivity contribution in [1.29, 1.82) is 15.8 Å². The van der Waals surface area contributed by atoms with Gasteiger partial charge in [-0.15, -0.1) is 0 Å². The Bertz CT molecular complexity index is 1570. The number of esters is 1. The Morgan fingerprint density at radius 2 is 1.61 bits per heavy atom. The number of benzene rings is 3. The summed E-state index contributed by atoms with van der Waals surface area (Å²) in [5.74, 6) is -2.14. The molecule has 2 aliphatic rings. The summed E-state index contributed by atoms with van der Waals surface area (Å²) >= 11 is 0. The zero-order valence-corrected chi connectivity index (χ0v) is 20.6. The van der Waals surface area contributed by atoms with Crippen LogP contribution in [0.3, 0.4) is 0 Å². The van der Waals surface area contributed by atoms with Crippen LogP contribution < -0.4 is 4.90 Å². The van der Waals surface area contributed by atoms with E-state index in [0.29, 0.717) is 22.4 Å². The number of carbonyl (C=O) groups is 2. The lowest BCUT2D eigenvalue weighted by Crippen LogP contribution is -2.52. The van der Waals surface area contributed by atoms with Crippen LogP contribution in [0, 0.1) is 39.4 Å². The van der Waals surface area contributed by atoms with Gasteiger partial charge in [0.2, 0.25) is 5.91 Å². The van der Waals surface area contributed by atoms with E-state index in [-0.39, 0.29) is 18.7 Å². The number of ether oxygens (including phenoxy) is 1. The molecule has 1 aliphatic heterocycles. The van der Waals surface area contributed by atoms with Crippen LogP contribution in [-0.4, -0.2) is 18.5 Å². The van der Waals surface area contributed by atoms with Gasteiger partial charge < -0.3 is 9.64 Å². The largest absolute Gasteiger partial charge is 0.463 e. The van der Waals surface area contributed by atoms with Gasteiger partial charge >= 0.3 is 5.97 Å². The van der Waals surface area contributed by atoms with Crippen molar-refractivity contribution in [2.45, 2.75) is 24.8 Å². The number of carbonyl (C=O) groups excluding carboxylic acids is 2. The number of fused-ring (bicyclic) bond motifs is 2. The first-order valence-electron chi connectivity index (χ1n) is 12.1. The van der Waals surface area contributed by atoms with Crippen LogP contribution in [0.2, 0.25) is 0 Å². The van der Waals surface area contributed by atoms with Crippen LogP contribution in [-0.2, 0) is 26.3 Å². The van der Waals surface area contributed by atoms with Crippen LogP contribution in [0.4, 0.5) is 5.69 Å². The normalized spacial score (nSPS) is 20.7. The third kappa shape index (κ3) is 3.32. The van der Waals surface area contributed by atoms with Crippen LogP contribution in [0.15, 0.2) is 90.5 Å². The fourth-order valence-corrected chi connectivity index (χ4v) is 5.79. The van der Waals surface area contributed by atoms with Crippen molar-refractivity contribution in [3.8, 4) is 18.2 Å². The molecule has 3 aromatic rings. The van der Waals surface area contributed by atoms with Crippen molar-refractivity contribution in [2.75, 3.05) is 11.5 Å². The molecule has 2 atom stereocenters. The maximum atomic E-state index is 14.7. The molecule has 7 nitrogen and oxygen atoms in total. The van der Waals surface area contributed by atoms with Gasteiger partial charge in [0.1, 0.15) is 5.41 Å². The molecule has 0 N–H and O–H groups in total. The monoisotopic (exact) mass is 498 g/mol. The highest BCUT2D eigenvalue weighted by molar-refractivity contribution is 6.13. The van der Waals surface area contributed by atoms with Gasteiger partial charge in [0.05, 0.1) is 36.9 Å². The number of hydrogen-bond donors (Lipinski definition) is 0. The molecule has 1 amide bonds. The first kappa shape index (κ1) is 24.5. The number of rotatable bonds is 5. The molecule has 38 heavy (non-hydrogen) atoms. The number of allylic oxidation sites excluding steroid dienone is 1. The van der Waals surface area contributed by atoms with Crippen LogP contribution in [0.25, 0.3) is 0 Å². The predicted molar refractivity (Wildman–Crippen MR) is 138 cm³/mol. The lowest BCUT2D eigenvalue weighted by atomic mass is 9.57. The van der Waals surface area contributed by atoms with Gasteiger partial charge in [0.15, 0.2) is 5.41 Å². The van der Waals surface area contributed by atoms with Gasteiger partial charge in [-0.1, -0.05) is 60.7 Å². The average Bonchev–Trinajstić information content (AvgIpc) is 3.41. The summed E-state index contributed by atoms with van der Waals surface area (Å²) in [6.45, 7) is 1.97. The fraction of sp³-hybridized carbons (Fsp3) is 0.194. The van der Waals surface area contributed by atoms with Crippen molar-refractivity contribution >= 4 is 17.6 Å². The standard InChI is InChI=1S/C31H22N4O3/c1-2-38-28(36)24-16-30(19-33,20-34)31(27(24)23-14-12-21(17-32)13-15-23)25-10-6-7-11-26(25)35(29(31)37)18-22-8-4-3-5-9-22/h3-16,27H,2,18H2,1H3/t27-,31+/m0/s1. The van der Waals surface area contributed by atoms with Gasteiger partial charge in [-0.05, 0) is 47.9 Å². The molecule has 5 rings (SSSR count). The quantitative estimate of drug-likeness (QED) is 0.472. The molecule has 7 heteroatoms. The number of nitriles is 3. The summed E-state index contributed by atoms with van der Waals surface area (Å²) in [6.07, 6.45) is 1.31. The summed E-state index contributed by atoms with van der Waals surface area (Å²) in [5.41, 5.74) is -0.798. The third-order valence-corrected chi connectivity index (χ3v) is 7.36. The predicted octanol–water partition coefficient (Wildman–Crippen LogP) is 4.66. The van der Waals surface area contributed by atoms with E-state index in [1.54, 1.807) is 60.4 Å². The molecule has 0 bridgehead atoms. The van der Waals surface area contributed by atoms with E-state index in [4.69, 9.17) is 4.74 Å². The second kappa shape index (κ2) is 9.36. The first-order valence-corrected chi connectivity index (χ1v) is 12.1. The molecule has 3 aromatic carbocycles. The van der Waals surface area contributed by atoms with Gasteiger partial charge in [-0.25, -0.2) is 4.79 Å². The van der Waals surface area contributed by atoms with E-state index < -0.39 is 28.6 Å². The first-order chi connectivity index (χ1) is 18.5. The molecular formula is C31H22N4O3. The van der Waals surface area contributed by atoms with Crippen LogP contribution in [0.1, 0.15) is 35.1 Å². The molecule has 1 aliphatic carbocycles. The zero-order valence-electron chi connectivity index (χ0n) is 20.6. The molecule has 0 unspecified atom stereocenters. The maximum Gasteiger partial charge on any atom is 0.334 e. The summed E-state index contributed by atoms with van der Waals surface area (Å²) in [5, 5.41) is 30.4. The Morgan fingerprint density at radius 1 is 0.947 bits per heavy atom. The van der Waals surface area contributed by atoms with Crippen LogP contribution >= 0.6 is 0 Å². The van der Waals surface area contributed by atoms with Gasteiger partial charge in [-0.3, -0.25) is 4.79 Å². The highest BCUT2D eigenvalue weighted by Gasteiger charge is 2.72. The Labute approximate surface area is 220 Å². The van der Waals surface area contributed by atoms with Crippen molar-refractivity contribution < 1.29 is 14.3 Å². The fourth-order valence-electron chi connectivity index (χ4n) is 5.79. The molecular weight excluding hydrogens is 476 g/mol. The van der Waals surface area contributed by atoms with Crippen molar-refractivity contribution in [1.82, 2.24) is 0 Å². The molecule has 0 aromatic heterocycles. The van der Waals surface area contributed by atoms with E-state index in [9.17, 15) is 25.4 Å². The van der Waals surface area contributed by atoms with E-state index in [0.717, 1.165) is 5.56 Å². The van der Waals surface area contributed by atoms with Gasteiger partial charge in [-0.2, -0.15) is 15.8 Å². The van der Waals surface area contributed by atoms with E-state index in [2.05, 4.69) is 18.2 Å². The highest BCUT2D eigenvalue weighted by atomic mass is 16.5. The minimum atomic E-state index is -1.99. The number of hydrogen-bond acceptors (Lipinski definition) is 6. The van der Waals surface area contributed by atoms with Crippen LogP contribution in [0.5, 0.6) is 0 Å². The van der Waals surface area contributed by atoms with Crippen molar-refractivity contribution in [3.63, 3.8) is 0 Å². The smallest absolute Gasteiger partial charge is 0.334 e. The maximum absolute atomic E-state index is 14.7. The van der Waals surface area contributed by atoms with E-state index in [1.165, 1.54) is 6.08 Å². The molecule has 0 fully saturated rings. The SMILES string of the molecule is CCOC(=O)C1=CC(C#N)(C#N)[C@@]2(C(=O)N(Cc3ccccc3)c3ccccc32)[C@H]1c1ccc(C#N)cc1. The Morgan fingerprint density at radius 3 is 2.24 bits per heavy atom. The Hall–Kier alpha value is -5.19. The summed E-state index contributed by atoms with van der Waals surface area (Å²) in [4.78, 5) is 29.6. The average molecular weight is 499 g/mol. The zero-order chi connectivity index (χ0) is 26.9. The number of anilines is 1. The summed E-state index contributed by atoms with van der Waals surface area (Å²) in [6, 6.07) is 29.4. The van der Waals surface area contributed by atoms with E-state index >= 15 is 0 Å². The lowest BCUT2D eigenvalue weighted by molar-refractivity contribution is -0.139. The number of para-hydroxylation sites is 1. The minimum Gasteiger partial charge on any atom is -0.463 e. The minimum absolute atomic E-state index is 0.0735. The molecule has 1 spiro atoms. The Balaban J connectivity index is 1.82. The number of nitrogens with zero attached hydrogens (tertiary/aromatic N) is 4. The number of amides is 1. The topological polar surface area (TPSA) is 118 Å². The van der Waals surface area contributed by atoms with Gasteiger partial charge in [0.25, 0.3) is 0 Å². The molecule has 184 valence electrons. The molecule has 0 saturated heterocycles. The van der Waals surface area contributed by atoms with Crippen molar-refractivity contribution in [2.24, 2.45) is 5.41 Å². The van der Waals surface area contributed by atoms with E-state index in [1.807, 2.05) is 30.3 Å².